The number of carbonyl (C=O) groups excluding carboxylic acids is 2. The van der Waals surface area contributed by atoms with Crippen LogP contribution in [-0.2, 0) is 16.6 Å². The summed E-state index contributed by atoms with van der Waals surface area (Å²) < 4.78 is 6.32. The highest BCUT2D eigenvalue weighted by Crippen LogP contribution is 2.34. The van der Waals surface area contributed by atoms with Crippen LogP contribution in [0.3, 0.4) is 0 Å². The Labute approximate surface area is 179 Å². The number of hydrazone groups is 1. The molecule has 0 saturated heterocycles. The minimum atomic E-state index is -0.850. The van der Waals surface area contributed by atoms with Crippen molar-refractivity contribution in [1.82, 2.24) is 9.78 Å². The summed E-state index contributed by atoms with van der Waals surface area (Å²) in [7, 11) is 1.67. The van der Waals surface area contributed by atoms with Gasteiger partial charge in [0.15, 0.2) is 5.82 Å². The molecule has 0 spiro atoms. The number of rotatable bonds is 7. The molecule has 31 heavy (non-hydrogen) atoms. The van der Waals surface area contributed by atoms with Gasteiger partial charge in [-0.15, -0.1) is 0 Å². The summed E-state index contributed by atoms with van der Waals surface area (Å²) in [4.78, 5) is 24.6. The van der Waals surface area contributed by atoms with Crippen LogP contribution in [0.15, 0.2) is 65.8 Å². The lowest BCUT2D eigenvalue weighted by atomic mass is 10.1. The van der Waals surface area contributed by atoms with Crippen molar-refractivity contribution in [3.8, 4) is 17.3 Å². The monoisotopic (exact) mass is 416 g/mol. The van der Waals surface area contributed by atoms with Crippen molar-refractivity contribution < 1.29 is 14.3 Å². The molecule has 156 valence electrons. The molecule has 1 amide bonds. The molecule has 9 nitrogen and oxygen atoms in total. The van der Waals surface area contributed by atoms with Gasteiger partial charge in [-0.1, -0.05) is 48.5 Å². The molecule has 3 rings (SSSR count). The lowest BCUT2D eigenvalue weighted by molar-refractivity contribution is -0.134. The maximum Gasteiger partial charge on any atom is 0.369 e. The highest BCUT2D eigenvalue weighted by molar-refractivity contribution is 6.43. The van der Waals surface area contributed by atoms with Crippen LogP contribution < -0.4 is 10.7 Å². The van der Waals surface area contributed by atoms with Crippen LogP contribution in [0.25, 0.3) is 11.3 Å². The zero-order valence-electron chi connectivity index (χ0n) is 17.0. The van der Waals surface area contributed by atoms with E-state index in [1.54, 1.807) is 44.3 Å². The van der Waals surface area contributed by atoms with E-state index in [9.17, 15) is 14.9 Å². The number of carbonyl (C=O) groups is 2. The number of ether oxygens (including phenoxy) is 1. The Morgan fingerprint density at radius 3 is 2.39 bits per heavy atom. The number of hydrogen-bond donors (Lipinski definition) is 2. The number of anilines is 2. The van der Waals surface area contributed by atoms with Gasteiger partial charge in [0.25, 0.3) is 5.91 Å². The first kappa shape index (κ1) is 21.3. The molecule has 0 radical (unpaired) electrons. The molecular weight excluding hydrogens is 396 g/mol. The Morgan fingerprint density at radius 1 is 1.13 bits per heavy atom. The Hall–Kier alpha value is -4.45. The maximum absolute atomic E-state index is 12.7. The Balaban J connectivity index is 2.02. The summed E-state index contributed by atoms with van der Waals surface area (Å²) in [5.74, 6) is -0.878. The lowest BCUT2D eigenvalue weighted by Gasteiger charge is -2.09. The average molecular weight is 416 g/mol. The summed E-state index contributed by atoms with van der Waals surface area (Å²) in [6.45, 7) is 1.74. The predicted molar refractivity (Wildman–Crippen MR) is 116 cm³/mol. The van der Waals surface area contributed by atoms with Gasteiger partial charge in [0.1, 0.15) is 17.5 Å². The molecule has 0 unspecified atom stereocenters. The van der Waals surface area contributed by atoms with E-state index < -0.39 is 11.7 Å². The second-order valence-corrected chi connectivity index (χ2v) is 6.29. The Bertz CT molecular complexity index is 1150. The van der Waals surface area contributed by atoms with Gasteiger partial charge in [-0.25, -0.2) is 9.48 Å². The first-order valence-electron chi connectivity index (χ1n) is 9.44. The lowest BCUT2D eigenvalue weighted by Crippen LogP contribution is -2.18. The van der Waals surface area contributed by atoms with E-state index in [0.29, 0.717) is 22.8 Å². The van der Waals surface area contributed by atoms with Crippen molar-refractivity contribution in [2.24, 2.45) is 12.1 Å². The third-order valence-corrected chi connectivity index (χ3v) is 4.22. The minimum absolute atomic E-state index is 0.111. The first-order valence-corrected chi connectivity index (χ1v) is 9.44. The fourth-order valence-corrected chi connectivity index (χ4v) is 2.77. The number of aromatic nitrogens is 2. The number of nitrogens with zero attached hydrogens (tertiary/aromatic N) is 4. The molecule has 0 aliphatic carbocycles. The maximum atomic E-state index is 12.7. The number of amides is 1. The molecule has 1 aromatic heterocycles. The molecule has 0 aliphatic heterocycles. The van der Waals surface area contributed by atoms with E-state index in [2.05, 4.69) is 20.9 Å². The quantitative estimate of drug-likeness (QED) is 0.347. The van der Waals surface area contributed by atoms with Crippen LogP contribution in [0.1, 0.15) is 17.3 Å². The van der Waals surface area contributed by atoms with E-state index in [-0.39, 0.29) is 12.5 Å². The normalized spacial score (nSPS) is 10.8. The van der Waals surface area contributed by atoms with Gasteiger partial charge in [-0.2, -0.15) is 15.5 Å². The van der Waals surface area contributed by atoms with E-state index >= 15 is 0 Å². The molecule has 2 N–H and O–H groups in total. The number of hydrogen-bond acceptors (Lipinski definition) is 7. The second kappa shape index (κ2) is 9.84. The molecular formula is C22H20N6O3. The van der Waals surface area contributed by atoms with Gasteiger partial charge >= 0.3 is 5.97 Å². The second-order valence-electron chi connectivity index (χ2n) is 6.29. The van der Waals surface area contributed by atoms with Crippen molar-refractivity contribution >= 4 is 29.1 Å². The number of nitrogens with one attached hydrogen (secondary N) is 2. The van der Waals surface area contributed by atoms with Crippen molar-refractivity contribution in [3.63, 3.8) is 0 Å². The standard InChI is InChI=1S/C22H20N6O3/c1-3-31-22(30)17(14-23)25-26-19-18(15-10-6-4-7-11-15)27-28(2)20(19)24-21(29)16-12-8-5-9-13-16/h4-13,26H,3H2,1-2H3,(H,24,29)/b25-17-. The van der Waals surface area contributed by atoms with Crippen molar-refractivity contribution in [2.45, 2.75) is 6.92 Å². The van der Waals surface area contributed by atoms with Crippen molar-refractivity contribution in [2.75, 3.05) is 17.3 Å². The zero-order chi connectivity index (χ0) is 22.2. The molecule has 0 bridgehead atoms. The fourth-order valence-electron chi connectivity index (χ4n) is 2.77. The Kier molecular flexibility index (Phi) is 6.75. The third kappa shape index (κ3) is 4.94. The molecule has 0 fully saturated rings. The van der Waals surface area contributed by atoms with Gasteiger partial charge in [0, 0.05) is 18.2 Å². The molecule has 0 atom stereocenters. The van der Waals surface area contributed by atoms with Crippen molar-refractivity contribution in [1.29, 1.82) is 5.26 Å². The SMILES string of the molecule is CCOC(=O)/C(C#N)=N\Nc1c(-c2ccccc2)nn(C)c1NC(=O)c1ccccc1. The van der Waals surface area contributed by atoms with Crippen LogP contribution >= 0.6 is 0 Å². The zero-order valence-corrected chi connectivity index (χ0v) is 17.0. The molecule has 1 heterocycles. The Morgan fingerprint density at radius 2 is 1.77 bits per heavy atom. The predicted octanol–water partition coefficient (Wildman–Crippen LogP) is 3.19. The van der Waals surface area contributed by atoms with Crippen LogP contribution in [0.5, 0.6) is 0 Å². The average Bonchev–Trinajstić information content (AvgIpc) is 3.10. The first-order chi connectivity index (χ1) is 15.0. The van der Waals surface area contributed by atoms with Gasteiger partial charge in [0.05, 0.1) is 6.61 Å². The summed E-state index contributed by atoms with van der Waals surface area (Å²) >= 11 is 0. The minimum Gasteiger partial charge on any atom is -0.461 e. The highest BCUT2D eigenvalue weighted by Gasteiger charge is 2.21. The van der Waals surface area contributed by atoms with Crippen LogP contribution in [-0.4, -0.2) is 34.0 Å². The van der Waals surface area contributed by atoms with E-state index in [1.807, 2.05) is 36.4 Å². The molecule has 3 aromatic rings. The smallest absolute Gasteiger partial charge is 0.369 e. The highest BCUT2D eigenvalue weighted by atomic mass is 16.5. The summed E-state index contributed by atoms with van der Waals surface area (Å²) in [6, 6.07) is 19.7. The summed E-state index contributed by atoms with van der Waals surface area (Å²) in [6.07, 6.45) is 0. The molecule has 0 aliphatic rings. The van der Waals surface area contributed by atoms with Gasteiger partial charge in [0.2, 0.25) is 5.71 Å². The number of benzene rings is 2. The topological polar surface area (TPSA) is 121 Å². The summed E-state index contributed by atoms with van der Waals surface area (Å²) in [5, 5.41) is 20.4. The van der Waals surface area contributed by atoms with E-state index in [0.717, 1.165) is 5.56 Å². The molecule has 9 heteroatoms. The van der Waals surface area contributed by atoms with E-state index in [4.69, 9.17) is 4.74 Å². The molecule has 0 saturated carbocycles. The van der Waals surface area contributed by atoms with E-state index in [1.165, 1.54) is 4.68 Å². The third-order valence-electron chi connectivity index (χ3n) is 4.22. The fraction of sp³-hybridized carbons (Fsp3) is 0.136. The van der Waals surface area contributed by atoms with Crippen LogP contribution in [0, 0.1) is 11.3 Å². The van der Waals surface area contributed by atoms with Crippen LogP contribution in [0.2, 0.25) is 0 Å². The summed E-state index contributed by atoms with van der Waals surface area (Å²) in [5.41, 5.74) is 4.29. The largest absolute Gasteiger partial charge is 0.461 e. The number of esters is 1. The number of nitriles is 1. The van der Waals surface area contributed by atoms with Crippen molar-refractivity contribution in [3.05, 3.63) is 66.2 Å². The molecule has 2 aromatic carbocycles. The number of aryl methyl sites for hydroxylation is 1. The van der Waals surface area contributed by atoms with Gasteiger partial charge < -0.3 is 10.1 Å². The van der Waals surface area contributed by atoms with Gasteiger partial charge in [-0.05, 0) is 19.1 Å². The van der Waals surface area contributed by atoms with Crippen LogP contribution in [0.4, 0.5) is 11.5 Å². The van der Waals surface area contributed by atoms with Gasteiger partial charge in [-0.3, -0.25) is 10.2 Å².